The van der Waals surface area contributed by atoms with Crippen LogP contribution in [0.4, 0.5) is 0 Å². The molecule has 4 heterocycles. The van der Waals surface area contributed by atoms with Gasteiger partial charge in [-0.2, -0.15) is 0 Å². The Morgan fingerprint density at radius 2 is 1.17 bits per heavy atom. The third kappa shape index (κ3) is 4.99. The van der Waals surface area contributed by atoms with E-state index in [1.165, 1.54) is 0 Å². The number of allylic oxidation sites excluding steroid dienone is 4. The molecule has 0 fully saturated rings. The monoisotopic (exact) mass is 526 g/mol. The van der Waals surface area contributed by atoms with E-state index >= 15 is 0 Å². The minimum Gasteiger partial charge on any atom is -0.278 e. The minimum atomic E-state index is 0.520. The molecule has 0 aliphatic carbocycles. The van der Waals surface area contributed by atoms with E-state index in [1.54, 1.807) is 0 Å². The van der Waals surface area contributed by atoms with Crippen LogP contribution in [0.1, 0.15) is 16.8 Å². The number of benzene rings is 3. The molecule has 0 N–H and O–H groups in total. The Kier molecular flexibility index (Phi) is 6.34. The number of aliphatic imine (C=N–C) groups is 1. The van der Waals surface area contributed by atoms with Crippen LogP contribution in [-0.4, -0.2) is 20.7 Å². The third-order valence-electron chi connectivity index (χ3n) is 7.41. The van der Waals surface area contributed by atoms with E-state index in [9.17, 15) is 0 Å². The van der Waals surface area contributed by atoms with Gasteiger partial charge in [0.2, 0.25) is 0 Å². The highest BCUT2D eigenvalue weighted by Gasteiger charge is 2.08. The maximum absolute atomic E-state index is 4.90. The van der Waals surface area contributed by atoms with Crippen LogP contribution in [0.3, 0.4) is 0 Å². The van der Waals surface area contributed by atoms with Gasteiger partial charge in [-0.05, 0) is 57.7 Å². The average molecular weight is 527 g/mol. The molecule has 0 amide bonds. The van der Waals surface area contributed by atoms with Gasteiger partial charge < -0.3 is 0 Å². The third-order valence-corrected chi connectivity index (χ3v) is 7.41. The van der Waals surface area contributed by atoms with Crippen molar-refractivity contribution in [1.29, 1.82) is 0 Å². The fraction of sp³-hybridized carbons (Fsp3) is 0.0270. The minimum absolute atomic E-state index is 0.520. The van der Waals surface area contributed by atoms with Gasteiger partial charge in [-0.1, -0.05) is 97.6 Å². The van der Waals surface area contributed by atoms with Gasteiger partial charge in [0, 0.05) is 34.9 Å². The Balaban J connectivity index is 1.14. The summed E-state index contributed by atoms with van der Waals surface area (Å²) in [4.78, 5) is 18.7. The van der Waals surface area contributed by atoms with Crippen LogP contribution in [0.15, 0.2) is 145 Å². The number of fused-ring (bicyclic) bond motifs is 4. The summed E-state index contributed by atoms with van der Waals surface area (Å²) in [6.07, 6.45) is 13.7. The normalized spacial score (nSPS) is 14.0. The first kappa shape index (κ1) is 24.6. The number of rotatable bonds is 3. The lowest BCUT2D eigenvalue weighted by Crippen LogP contribution is -2.01. The maximum atomic E-state index is 4.90. The molecule has 0 saturated carbocycles. The van der Waals surface area contributed by atoms with E-state index in [-0.39, 0.29) is 0 Å². The first-order valence-electron chi connectivity index (χ1n) is 13.6. The lowest BCUT2D eigenvalue weighted by molar-refractivity contribution is 0.985. The Morgan fingerprint density at radius 1 is 0.537 bits per heavy atom. The fourth-order valence-corrected chi connectivity index (χ4v) is 5.16. The van der Waals surface area contributed by atoms with Gasteiger partial charge in [0.25, 0.3) is 0 Å². The zero-order valence-electron chi connectivity index (χ0n) is 22.4. The molecular formula is C37H26N4. The zero-order chi connectivity index (χ0) is 27.6. The van der Waals surface area contributed by atoms with E-state index < -0.39 is 0 Å². The van der Waals surface area contributed by atoms with Crippen LogP contribution >= 0.6 is 0 Å². The molecule has 0 bridgehead atoms. The second-order valence-corrected chi connectivity index (χ2v) is 10.1. The molecule has 0 unspecified atom stereocenters. The van der Waals surface area contributed by atoms with Gasteiger partial charge in [0.05, 0.1) is 29.0 Å². The van der Waals surface area contributed by atoms with Crippen molar-refractivity contribution in [3.63, 3.8) is 0 Å². The first-order valence-corrected chi connectivity index (χ1v) is 13.6. The van der Waals surface area contributed by atoms with Gasteiger partial charge in [0.15, 0.2) is 0 Å². The smallest absolute Gasteiger partial charge is 0.0964 e. The molecule has 6 aromatic rings. The zero-order valence-corrected chi connectivity index (χ0v) is 22.4. The van der Waals surface area contributed by atoms with Crippen molar-refractivity contribution in [3.05, 3.63) is 157 Å². The number of pyridine rings is 3. The summed E-state index contributed by atoms with van der Waals surface area (Å²) in [6.45, 7) is 4.66. The van der Waals surface area contributed by atoms with Crippen molar-refractivity contribution >= 4 is 33.6 Å². The van der Waals surface area contributed by atoms with Crippen molar-refractivity contribution < 1.29 is 0 Å². The van der Waals surface area contributed by atoms with Crippen LogP contribution in [0.2, 0.25) is 0 Å². The van der Waals surface area contributed by atoms with Gasteiger partial charge in [-0.25, -0.2) is 0 Å². The molecule has 7 rings (SSSR count). The molecule has 41 heavy (non-hydrogen) atoms. The van der Waals surface area contributed by atoms with Crippen molar-refractivity contribution in [2.45, 2.75) is 6.54 Å². The molecular weight excluding hydrogens is 500 g/mol. The van der Waals surface area contributed by atoms with E-state index in [1.807, 2.05) is 55.0 Å². The second kappa shape index (κ2) is 10.6. The number of hydrogen-bond acceptors (Lipinski definition) is 4. The Bertz CT molecular complexity index is 2010. The van der Waals surface area contributed by atoms with Crippen molar-refractivity contribution in [2.75, 3.05) is 0 Å². The van der Waals surface area contributed by atoms with Crippen LogP contribution in [0.25, 0.3) is 50.1 Å². The fourth-order valence-electron chi connectivity index (χ4n) is 5.16. The summed E-state index contributed by atoms with van der Waals surface area (Å²) >= 11 is 0. The van der Waals surface area contributed by atoms with Crippen molar-refractivity contribution in [1.82, 2.24) is 15.0 Å². The van der Waals surface area contributed by atoms with Gasteiger partial charge >= 0.3 is 0 Å². The molecule has 0 saturated heterocycles. The van der Waals surface area contributed by atoms with Gasteiger partial charge in [-0.15, -0.1) is 0 Å². The summed E-state index contributed by atoms with van der Waals surface area (Å²) in [5.41, 5.74) is 11.3. The summed E-state index contributed by atoms with van der Waals surface area (Å²) in [5.74, 6) is 0. The molecule has 0 radical (unpaired) electrons. The molecule has 3 aromatic carbocycles. The number of aromatic nitrogens is 3. The number of nitrogens with zero attached hydrogens (tertiary/aromatic N) is 4. The standard InChI is InChI=1S/C37H26N4/c1-25-6-8-29-4-2-20-38-35(29)24-40-34(19-7-25)30-15-13-27(14-16-30)26-9-11-28(12-10-26)33-22-32-18-17-31-5-3-21-39-36(31)37(32)41-23-33/h2-23H,1,24H2/b8-6?,19-7-,40-34?. The second-order valence-electron chi connectivity index (χ2n) is 10.1. The largest absolute Gasteiger partial charge is 0.278 e. The molecule has 0 atom stereocenters. The predicted octanol–water partition coefficient (Wildman–Crippen LogP) is 8.64. The quantitative estimate of drug-likeness (QED) is 0.217. The van der Waals surface area contributed by atoms with Crippen molar-refractivity contribution in [2.24, 2.45) is 4.99 Å². The molecule has 0 spiro atoms. The van der Waals surface area contributed by atoms with E-state index in [0.29, 0.717) is 6.54 Å². The topological polar surface area (TPSA) is 51.0 Å². The maximum Gasteiger partial charge on any atom is 0.0964 e. The SMILES string of the molecule is C=C1C=Cc2cccnc2CN=C(c2ccc(-c3ccc(-c4cnc5c(ccc6cccnc65)c4)cc3)cc2)/C=C\1. The van der Waals surface area contributed by atoms with Gasteiger partial charge in [0.1, 0.15) is 0 Å². The predicted molar refractivity (Wildman–Crippen MR) is 170 cm³/mol. The lowest BCUT2D eigenvalue weighted by Gasteiger charge is -2.09. The molecule has 1 aliphatic rings. The van der Waals surface area contributed by atoms with E-state index in [2.05, 4.69) is 95.4 Å². The summed E-state index contributed by atoms with van der Waals surface area (Å²) in [5, 5.41) is 2.19. The lowest BCUT2D eigenvalue weighted by atomic mass is 9.98. The Labute approximate surface area is 238 Å². The Hall–Kier alpha value is -5.48. The van der Waals surface area contributed by atoms with Crippen LogP contribution in [0, 0.1) is 0 Å². The molecule has 194 valence electrons. The average Bonchev–Trinajstić information content (AvgIpc) is 3.04. The highest BCUT2D eigenvalue weighted by atomic mass is 14.8. The summed E-state index contributed by atoms with van der Waals surface area (Å²) in [7, 11) is 0. The van der Waals surface area contributed by atoms with Crippen molar-refractivity contribution in [3.8, 4) is 22.3 Å². The molecule has 4 heteroatoms. The summed E-state index contributed by atoms with van der Waals surface area (Å²) in [6, 6.07) is 31.6. The van der Waals surface area contributed by atoms with Gasteiger partial charge in [-0.3, -0.25) is 19.9 Å². The van der Waals surface area contributed by atoms with E-state index in [0.717, 1.165) is 72.2 Å². The summed E-state index contributed by atoms with van der Waals surface area (Å²) < 4.78 is 0. The van der Waals surface area contributed by atoms with Crippen LogP contribution < -0.4 is 0 Å². The first-order chi connectivity index (χ1) is 20.2. The highest BCUT2D eigenvalue weighted by Crippen LogP contribution is 2.29. The molecule has 4 nitrogen and oxygen atoms in total. The number of hydrogen-bond donors (Lipinski definition) is 0. The van der Waals surface area contributed by atoms with E-state index in [4.69, 9.17) is 9.98 Å². The molecule has 1 aliphatic heterocycles. The van der Waals surface area contributed by atoms with Crippen LogP contribution in [-0.2, 0) is 6.54 Å². The van der Waals surface area contributed by atoms with Crippen LogP contribution in [0.5, 0.6) is 0 Å². The highest BCUT2D eigenvalue weighted by molar-refractivity contribution is 6.09. The molecule has 3 aromatic heterocycles. The Morgan fingerprint density at radius 3 is 1.98 bits per heavy atom.